The summed E-state index contributed by atoms with van der Waals surface area (Å²) < 4.78 is 0. The normalized spacial score (nSPS) is 9.88. The van der Waals surface area contributed by atoms with Gasteiger partial charge < -0.3 is 5.32 Å². The third-order valence-electron chi connectivity index (χ3n) is 1.93. The quantitative estimate of drug-likeness (QED) is 0.839. The first kappa shape index (κ1) is 11.6. The summed E-state index contributed by atoms with van der Waals surface area (Å²) in [6.07, 6.45) is 4.99. The Labute approximate surface area is 103 Å². The van der Waals surface area contributed by atoms with Crippen molar-refractivity contribution < 1.29 is 4.79 Å². The van der Waals surface area contributed by atoms with Crippen molar-refractivity contribution in [2.75, 3.05) is 11.1 Å². The second kappa shape index (κ2) is 6.00. The SMILES string of the molecule is O=C(CSc1ccccn1)Nc1cccnc1. The Balaban J connectivity index is 1.83. The number of carbonyl (C=O) groups is 1. The van der Waals surface area contributed by atoms with Crippen LogP contribution in [0.3, 0.4) is 0 Å². The number of hydrogen-bond donors (Lipinski definition) is 1. The molecule has 0 aliphatic heterocycles. The van der Waals surface area contributed by atoms with Gasteiger partial charge in [0.25, 0.3) is 0 Å². The van der Waals surface area contributed by atoms with Crippen LogP contribution in [0.15, 0.2) is 53.9 Å². The second-order valence-electron chi connectivity index (χ2n) is 3.25. The van der Waals surface area contributed by atoms with Gasteiger partial charge in [-0.25, -0.2) is 4.98 Å². The molecular weight excluding hydrogens is 234 g/mol. The van der Waals surface area contributed by atoms with Crippen LogP contribution in [0.1, 0.15) is 0 Å². The highest BCUT2D eigenvalue weighted by Crippen LogP contribution is 2.14. The van der Waals surface area contributed by atoms with Crippen molar-refractivity contribution in [3.63, 3.8) is 0 Å². The van der Waals surface area contributed by atoms with Crippen LogP contribution in [0.4, 0.5) is 5.69 Å². The summed E-state index contributed by atoms with van der Waals surface area (Å²) in [4.78, 5) is 19.6. The van der Waals surface area contributed by atoms with Gasteiger partial charge in [-0.1, -0.05) is 17.8 Å². The lowest BCUT2D eigenvalue weighted by Gasteiger charge is -2.03. The molecule has 1 amide bonds. The number of carbonyl (C=O) groups excluding carboxylic acids is 1. The van der Waals surface area contributed by atoms with Crippen LogP contribution >= 0.6 is 11.8 Å². The molecule has 2 aromatic heterocycles. The van der Waals surface area contributed by atoms with Crippen molar-refractivity contribution in [3.8, 4) is 0 Å². The Morgan fingerprint density at radius 1 is 1.24 bits per heavy atom. The topological polar surface area (TPSA) is 54.9 Å². The number of anilines is 1. The standard InChI is InChI=1S/C12H11N3OS/c16-11(15-10-4-3-6-13-8-10)9-17-12-5-1-2-7-14-12/h1-8H,9H2,(H,15,16). The predicted octanol–water partition coefficient (Wildman–Crippen LogP) is 2.21. The van der Waals surface area contributed by atoms with Gasteiger partial charge in [0.05, 0.1) is 22.7 Å². The van der Waals surface area contributed by atoms with E-state index < -0.39 is 0 Å². The van der Waals surface area contributed by atoms with Crippen molar-refractivity contribution in [1.29, 1.82) is 0 Å². The Kier molecular flexibility index (Phi) is 4.10. The van der Waals surface area contributed by atoms with Gasteiger partial charge in [-0.3, -0.25) is 9.78 Å². The predicted molar refractivity (Wildman–Crippen MR) is 67.8 cm³/mol. The Hall–Kier alpha value is -1.88. The minimum atomic E-state index is -0.0614. The lowest BCUT2D eigenvalue weighted by atomic mass is 10.4. The molecular formula is C12H11N3OS. The van der Waals surface area contributed by atoms with E-state index in [-0.39, 0.29) is 5.91 Å². The van der Waals surface area contributed by atoms with Gasteiger partial charge in [-0.2, -0.15) is 0 Å². The fourth-order valence-corrected chi connectivity index (χ4v) is 1.87. The minimum absolute atomic E-state index is 0.0614. The zero-order valence-corrected chi connectivity index (χ0v) is 9.85. The van der Waals surface area contributed by atoms with Crippen LogP contribution in [0.2, 0.25) is 0 Å². The number of pyridine rings is 2. The molecule has 0 aliphatic carbocycles. The van der Waals surface area contributed by atoms with Crippen molar-refractivity contribution in [2.45, 2.75) is 5.03 Å². The first-order valence-electron chi connectivity index (χ1n) is 5.08. The van der Waals surface area contributed by atoms with Gasteiger partial charge in [0.1, 0.15) is 0 Å². The molecule has 0 saturated carbocycles. The molecule has 0 atom stereocenters. The van der Waals surface area contributed by atoms with Crippen LogP contribution in [-0.4, -0.2) is 21.6 Å². The molecule has 0 fully saturated rings. The molecule has 0 aliphatic rings. The highest BCUT2D eigenvalue weighted by Gasteiger charge is 2.03. The lowest BCUT2D eigenvalue weighted by Crippen LogP contribution is -2.14. The minimum Gasteiger partial charge on any atom is -0.324 e. The van der Waals surface area contributed by atoms with Crippen LogP contribution in [-0.2, 0) is 4.79 Å². The van der Waals surface area contributed by atoms with Crippen molar-refractivity contribution in [3.05, 3.63) is 48.9 Å². The summed E-state index contributed by atoms with van der Waals surface area (Å²) in [5, 5.41) is 3.60. The summed E-state index contributed by atoms with van der Waals surface area (Å²) in [6, 6.07) is 9.20. The number of nitrogens with one attached hydrogen (secondary N) is 1. The van der Waals surface area contributed by atoms with Gasteiger partial charge in [0.2, 0.25) is 5.91 Å². The second-order valence-corrected chi connectivity index (χ2v) is 4.24. The highest BCUT2D eigenvalue weighted by atomic mass is 32.2. The van der Waals surface area contributed by atoms with E-state index in [4.69, 9.17) is 0 Å². The summed E-state index contributed by atoms with van der Waals surface area (Å²) in [5.74, 6) is 0.278. The molecule has 0 saturated heterocycles. The summed E-state index contributed by atoms with van der Waals surface area (Å²) in [6.45, 7) is 0. The summed E-state index contributed by atoms with van der Waals surface area (Å²) >= 11 is 1.40. The molecule has 0 spiro atoms. The van der Waals surface area contributed by atoms with Crippen LogP contribution in [0.25, 0.3) is 0 Å². The van der Waals surface area contributed by atoms with Crippen LogP contribution in [0.5, 0.6) is 0 Å². The molecule has 17 heavy (non-hydrogen) atoms. The van der Waals surface area contributed by atoms with Gasteiger partial charge in [0, 0.05) is 12.4 Å². The number of nitrogens with zero attached hydrogens (tertiary/aromatic N) is 2. The summed E-state index contributed by atoms with van der Waals surface area (Å²) in [7, 11) is 0. The Bertz CT molecular complexity index is 476. The maximum atomic E-state index is 11.6. The van der Waals surface area contributed by atoms with Gasteiger partial charge >= 0.3 is 0 Å². The molecule has 2 heterocycles. The van der Waals surface area contributed by atoms with Crippen molar-refractivity contribution >= 4 is 23.4 Å². The first-order chi connectivity index (χ1) is 8.34. The van der Waals surface area contributed by atoms with E-state index in [1.165, 1.54) is 11.8 Å². The Morgan fingerprint density at radius 3 is 2.88 bits per heavy atom. The van der Waals surface area contributed by atoms with Gasteiger partial charge in [-0.15, -0.1) is 0 Å². The van der Waals surface area contributed by atoms with E-state index in [0.717, 1.165) is 5.03 Å². The molecule has 86 valence electrons. The van der Waals surface area contributed by atoms with E-state index >= 15 is 0 Å². The number of hydrogen-bond acceptors (Lipinski definition) is 4. The average Bonchev–Trinajstić information content (AvgIpc) is 2.39. The monoisotopic (exact) mass is 245 g/mol. The van der Waals surface area contributed by atoms with Crippen molar-refractivity contribution in [1.82, 2.24) is 9.97 Å². The molecule has 0 unspecified atom stereocenters. The zero-order valence-electron chi connectivity index (χ0n) is 9.04. The highest BCUT2D eigenvalue weighted by molar-refractivity contribution is 7.99. The first-order valence-corrected chi connectivity index (χ1v) is 6.07. The smallest absolute Gasteiger partial charge is 0.234 e. The fraction of sp³-hybridized carbons (Fsp3) is 0.0833. The van der Waals surface area contributed by atoms with Crippen molar-refractivity contribution in [2.24, 2.45) is 0 Å². The number of rotatable bonds is 4. The van der Waals surface area contributed by atoms with Gasteiger partial charge in [0.15, 0.2) is 0 Å². The fourth-order valence-electron chi connectivity index (χ4n) is 1.21. The molecule has 5 heteroatoms. The van der Waals surface area contributed by atoms with E-state index in [0.29, 0.717) is 11.4 Å². The number of amides is 1. The maximum absolute atomic E-state index is 11.6. The van der Waals surface area contributed by atoms with Crippen LogP contribution in [0, 0.1) is 0 Å². The third kappa shape index (κ3) is 3.88. The number of aromatic nitrogens is 2. The average molecular weight is 245 g/mol. The molecule has 4 nitrogen and oxygen atoms in total. The molecule has 0 radical (unpaired) electrons. The van der Waals surface area contributed by atoms with Crippen LogP contribution < -0.4 is 5.32 Å². The van der Waals surface area contributed by atoms with E-state index in [1.807, 2.05) is 18.2 Å². The number of thioether (sulfide) groups is 1. The zero-order chi connectivity index (χ0) is 11.9. The van der Waals surface area contributed by atoms with E-state index in [9.17, 15) is 4.79 Å². The molecule has 2 rings (SSSR count). The summed E-state index contributed by atoms with van der Waals surface area (Å²) in [5.41, 5.74) is 0.708. The molecule has 0 bridgehead atoms. The van der Waals surface area contributed by atoms with Gasteiger partial charge in [-0.05, 0) is 24.3 Å². The lowest BCUT2D eigenvalue weighted by molar-refractivity contribution is -0.113. The van der Waals surface area contributed by atoms with E-state index in [2.05, 4.69) is 15.3 Å². The molecule has 1 N–H and O–H groups in total. The largest absolute Gasteiger partial charge is 0.324 e. The van der Waals surface area contributed by atoms with E-state index in [1.54, 1.807) is 30.7 Å². The Morgan fingerprint density at radius 2 is 2.18 bits per heavy atom. The molecule has 0 aromatic carbocycles. The third-order valence-corrected chi connectivity index (χ3v) is 2.88. The maximum Gasteiger partial charge on any atom is 0.234 e. The molecule has 2 aromatic rings.